The average Bonchev–Trinajstić information content (AvgIpc) is 3.60. The highest BCUT2D eigenvalue weighted by atomic mass is 16.6. The van der Waals surface area contributed by atoms with E-state index in [4.69, 9.17) is 14.0 Å². The third kappa shape index (κ3) is 4.62. The van der Waals surface area contributed by atoms with Gasteiger partial charge in [0.25, 0.3) is 0 Å². The van der Waals surface area contributed by atoms with Crippen molar-refractivity contribution in [3.8, 4) is 11.8 Å². The predicted molar refractivity (Wildman–Crippen MR) is 135 cm³/mol. The van der Waals surface area contributed by atoms with Gasteiger partial charge in [-0.15, -0.1) is 0 Å². The lowest BCUT2D eigenvalue weighted by atomic mass is 9.78. The maximum absolute atomic E-state index is 13.0. The molecule has 1 saturated carbocycles. The number of nitrogens with zero attached hydrogens (tertiary/aromatic N) is 5. The first kappa shape index (κ1) is 23.1. The first-order valence-electron chi connectivity index (χ1n) is 12.5. The zero-order valence-electron chi connectivity index (χ0n) is 20.6. The summed E-state index contributed by atoms with van der Waals surface area (Å²) in [5.74, 6) is 1.72. The third-order valence-corrected chi connectivity index (χ3v) is 7.27. The highest BCUT2D eigenvalue weighted by Crippen LogP contribution is 2.42. The molecule has 37 heavy (non-hydrogen) atoms. The average molecular weight is 498 g/mol. The largest absolute Gasteiger partial charge is 0.487 e. The zero-order valence-corrected chi connectivity index (χ0v) is 20.6. The van der Waals surface area contributed by atoms with E-state index in [1.54, 1.807) is 11.0 Å². The van der Waals surface area contributed by atoms with Crippen LogP contribution in [-0.2, 0) is 17.9 Å². The summed E-state index contributed by atoms with van der Waals surface area (Å²) in [6.07, 6.45) is 5.19. The Bertz CT molecular complexity index is 1500. The Morgan fingerprint density at radius 3 is 3.00 bits per heavy atom. The van der Waals surface area contributed by atoms with Gasteiger partial charge in [0.05, 0.1) is 41.2 Å². The number of carbonyl (C=O) groups is 1. The number of nitriles is 1. The third-order valence-electron chi connectivity index (χ3n) is 7.27. The summed E-state index contributed by atoms with van der Waals surface area (Å²) in [5.41, 5.74) is 3.42. The molecule has 188 valence electrons. The second-order valence-corrected chi connectivity index (χ2v) is 10.0. The molecule has 2 atom stereocenters. The first-order chi connectivity index (χ1) is 18.0. The molecule has 1 amide bonds. The molecule has 2 aliphatic rings. The van der Waals surface area contributed by atoms with Crippen molar-refractivity contribution >= 4 is 22.8 Å². The summed E-state index contributed by atoms with van der Waals surface area (Å²) in [6, 6.07) is 17.1. The molecule has 3 heterocycles. The van der Waals surface area contributed by atoms with Crippen LogP contribution >= 0.6 is 0 Å². The summed E-state index contributed by atoms with van der Waals surface area (Å²) in [7, 11) is 0. The van der Waals surface area contributed by atoms with E-state index in [1.807, 2.05) is 55.7 Å². The van der Waals surface area contributed by atoms with Crippen LogP contribution in [0.5, 0.6) is 5.75 Å². The number of carbonyl (C=O) groups excluding carboxylic acids is 1. The number of hydrogen-bond acceptors (Lipinski definition) is 7. The summed E-state index contributed by atoms with van der Waals surface area (Å²) < 4.78 is 19.1. The molecule has 9 heteroatoms. The van der Waals surface area contributed by atoms with E-state index in [0.717, 1.165) is 54.7 Å². The SMILES string of the molecule is Cc1cc(COc2cccc(N3CC4(CCC[C@H](Cn5cnc6ccc(C#N)cc65)C4)OC3=O)c2)no1. The lowest BCUT2D eigenvalue weighted by Gasteiger charge is -2.36. The smallest absolute Gasteiger partial charge is 0.415 e. The van der Waals surface area contributed by atoms with Gasteiger partial charge < -0.3 is 18.6 Å². The number of fused-ring (bicyclic) bond motifs is 1. The highest BCUT2D eigenvalue weighted by molar-refractivity contribution is 5.90. The van der Waals surface area contributed by atoms with Gasteiger partial charge >= 0.3 is 6.09 Å². The number of rotatable bonds is 6. The lowest BCUT2D eigenvalue weighted by Crippen LogP contribution is -2.40. The first-order valence-corrected chi connectivity index (χ1v) is 12.5. The number of aromatic nitrogens is 3. The van der Waals surface area contributed by atoms with Crippen LogP contribution in [0.1, 0.15) is 42.7 Å². The molecule has 1 unspecified atom stereocenters. The number of anilines is 1. The van der Waals surface area contributed by atoms with Crippen molar-refractivity contribution in [2.75, 3.05) is 11.4 Å². The lowest BCUT2D eigenvalue weighted by molar-refractivity contribution is 0.00439. The predicted octanol–water partition coefficient (Wildman–Crippen LogP) is 5.37. The van der Waals surface area contributed by atoms with Crippen LogP contribution in [0, 0.1) is 24.2 Å². The normalized spacial score (nSPS) is 21.4. The van der Waals surface area contributed by atoms with Gasteiger partial charge in [0, 0.05) is 18.7 Å². The van der Waals surface area contributed by atoms with E-state index in [2.05, 4.69) is 20.8 Å². The maximum atomic E-state index is 13.0. The number of imidazole rings is 1. The van der Waals surface area contributed by atoms with Crippen molar-refractivity contribution in [1.29, 1.82) is 5.26 Å². The molecule has 2 fully saturated rings. The highest BCUT2D eigenvalue weighted by Gasteiger charge is 2.48. The van der Waals surface area contributed by atoms with Crippen LogP contribution in [-0.4, -0.2) is 32.9 Å². The van der Waals surface area contributed by atoms with Gasteiger partial charge in [-0.1, -0.05) is 11.2 Å². The Morgan fingerprint density at radius 1 is 1.24 bits per heavy atom. The van der Waals surface area contributed by atoms with Crippen LogP contribution in [0.2, 0.25) is 0 Å². The van der Waals surface area contributed by atoms with Crippen LogP contribution in [0.4, 0.5) is 10.5 Å². The van der Waals surface area contributed by atoms with Crippen molar-refractivity contribution in [3.63, 3.8) is 0 Å². The minimum Gasteiger partial charge on any atom is -0.487 e. The molecule has 1 spiro atoms. The molecule has 0 radical (unpaired) electrons. The standard InChI is InChI=1S/C28H27N5O4/c1-19-10-22(31-37-19)16-35-24-6-2-5-23(12-24)33-17-28(36-27(33)34)9-3-4-21(13-28)15-32-18-30-25-8-7-20(14-29)11-26(25)32/h2,5-8,10-12,18,21H,3-4,9,13,15-17H2,1H3/t21-,28?/m0/s1. The maximum Gasteiger partial charge on any atom is 0.415 e. The number of benzene rings is 2. The molecule has 1 aliphatic carbocycles. The molecule has 2 aromatic heterocycles. The molecule has 1 saturated heterocycles. The molecule has 1 aliphatic heterocycles. The summed E-state index contributed by atoms with van der Waals surface area (Å²) in [5, 5.41) is 13.2. The number of amides is 1. The van der Waals surface area contributed by atoms with Crippen molar-refractivity contribution in [2.45, 2.75) is 51.4 Å². The summed E-state index contributed by atoms with van der Waals surface area (Å²) in [4.78, 5) is 19.2. The van der Waals surface area contributed by atoms with Gasteiger partial charge in [0.1, 0.15) is 29.4 Å². The fourth-order valence-corrected chi connectivity index (χ4v) is 5.59. The van der Waals surface area contributed by atoms with Crippen molar-refractivity contribution in [2.24, 2.45) is 5.92 Å². The van der Waals surface area contributed by atoms with Gasteiger partial charge in [-0.05, 0) is 68.9 Å². The quantitative estimate of drug-likeness (QED) is 0.352. The van der Waals surface area contributed by atoms with Gasteiger partial charge in [-0.2, -0.15) is 5.26 Å². The molecule has 0 N–H and O–H groups in total. The van der Waals surface area contributed by atoms with E-state index in [1.165, 1.54) is 0 Å². The van der Waals surface area contributed by atoms with E-state index < -0.39 is 5.60 Å². The zero-order chi connectivity index (χ0) is 25.4. The molecule has 9 nitrogen and oxygen atoms in total. The Kier molecular flexibility index (Phi) is 5.80. The molecule has 6 rings (SSSR count). The van der Waals surface area contributed by atoms with E-state index in [9.17, 15) is 10.1 Å². The molecule has 2 aromatic carbocycles. The van der Waals surface area contributed by atoms with Crippen LogP contribution in [0.25, 0.3) is 11.0 Å². The van der Waals surface area contributed by atoms with E-state index in [-0.39, 0.29) is 12.7 Å². The van der Waals surface area contributed by atoms with Gasteiger partial charge in [-0.25, -0.2) is 9.78 Å². The monoisotopic (exact) mass is 497 g/mol. The van der Waals surface area contributed by atoms with Crippen molar-refractivity contribution < 1.29 is 18.8 Å². The summed E-state index contributed by atoms with van der Waals surface area (Å²) >= 11 is 0. The van der Waals surface area contributed by atoms with Gasteiger partial charge in [0.2, 0.25) is 0 Å². The second kappa shape index (κ2) is 9.28. The molecule has 4 aromatic rings. The van der Waals surface area contributed by atoms with Crippen LogP contribution in [0.15, 0.2) is 59.4 Å². The van der Waals surface area contributed by atoms with E-state index >= 15 is 0 Å². The van der Waals surface area contributed by atoms with E-state index in [0.29, 0.717) is 29.5 Å². The van der Waals surface area contributed by atoms with Gasteiger partial charge in [0.15, 0.2) is 0 Å². The Morgan fingerprint density at radius 2 is 2.16 bits per heavy atom. The Labute approximate surface area is 214 Å². The minimum atomic E-state index is -0.511. The molecular weight excluding hydrogens is 470 g/mol. The second-order valence-electron chi connectivity index (χ2n) is 10.0. The number of aryl methyl sites for hydroxylation is 1. The molecular formula is C28H27N5O4. The van der Waals surface area contributed by atoms with Crippen molar-refractivity contribution in [3.05, 3.63) is 71.9 Å². The molecule has 0 bridgehead atoms. The fourth-order valence-electron chi connectivity index (χ4n) is 5.59. The van der Waals surface area contributed by atoms with Crippen molar-refractivity contribution in [1.82, 2.24) is 14.7 Å². The van der Waals surface area contributed by atoms with Crippen LogP contribution < -0.4 is 9.64 Å². The number of hydrogen-bond donors (Lipinski definition) is 0. The fraction of sp³-hybridized carbons (Fsp3) is 0.357. The van der Waals surface area contributed by atoms with Gasteiger partial charge in [-0.3, -0.25) is 4.90 Å². The van der Waals surface area contributed by atoms with Crippen LogP contribution in [0.3, 0.4) is 0 Å². The summed E-state index contributed by atoms with van der Waals surface area (Å²) in [6.45, 7) is 3.41. The topological polar surface area (TPSA) is 106 Å². The number of ether oxygens (including phenoxy) is 2. The Balaban J connectivity index is 1.15. The Hall–Kier alpha value is -4.32. The minimum absolute atomic E-state index is 0.287.